The van der Waals surface area contributed by atoms with Gasteiger partial charge in [-0.25, -0.2) is 4.79 Å². The fourth-order valence-electron chi connectivity index (χ4n) is 3.84. The SMILES string of the molecule is COc1ccc(NC(=O)C2CCCN2C(=O)OC(C)(C)C)cc1OC1CCCC1. The van der Waals surface area contributed by atoms with Gasteiger partial charge < -0.3 is 19.5 Å². The molecule has 160 valence electrons. The van der Waals surface area contributed by atoms with Gasteiger partial charge in [-0.3, -0.25) is 9.69 Å². The molecule has 1 atom stereocenters. The predicted molar refractivity (Wildman–Crippen MR) is 110 cm³/mol. The Morgan fingerprint density at radius 1 is 1.07 bits per heavy atom. The van der Waals surface area contributed by atoms with Crippen LogP contribution >= 0.6 is 0 Å². The fourth-order valence-corrected chi connectivity index (χ4v) is 3.84. The minimum absolute atomic E-state index is 0.187. The van der Waals surface area contributed by atoms with Crippen LogP contribution in [0, 0.1) is 0 Å². The van der Waals surface area contributed by atoms with Crippen molar-refractivity contribution >= 4 is 17.7 Å². The molecule has 0 aromatic heterocycles. The summed E-state index contributed by atoms with van der Waals surface area (Å²) in [5.41, 5.74) is 0.0308. The Hall–Kier alpha value is -2.44. The van der Waals surface area contributed by atoms with E-state index < -0.39 is 17.7 Å². The molecule has 0 bridgehead atoms. The predicted octanol–water partition coefficient (Wildman–Crippen LogP) is 4.35. The maximum absolute atomic E-state index is 12.9. The van der Waals surface area contributed by atoms with Crippen molar-refractivity contribution in [3.8, 4) is 11.5 Å². The third-order valence-electron chi connectivity index (χ3n) is 5.21. The number of carbonyl (C=O) groups is 2. The summed E-state index contributed by atoms with van der Waals surface area (Å²) in [7, 11) is 1.60. The summed E-state index contributed by atoms with van der Waals surface area (Å²) in [4.78, 5) is 26.8. The highest BCUT2D eigenvalue weighted by atomic mass is 16.6. The lowest BCUT2D eigenvalue weighted by atomic mass is 10.2. The van der Waals surface area contributed by atoms with E-state index in [2.05, 4.69) is 5.32 Å². The quantitative estimate of drug-likeness (QED) is 0.789. The van der Waals surface area contributed by atoms with E-state index in [4.69, 9.17) is 14.2 Å². The standard InChI is InChI=1S/C22H32N2O5/c1-22(2,3)29-21(26)24-13-7-10-17(24)20(25)23-15-11-12-18(27-4)19(14-15)28-16-8-5-6-9-16/h11-12,14,16-17H,5-10,13H2,1-4H3,(H,23,25). The summed E-state index contributed by atoms with van der Waals surface area (Å²) < 4.78 is 16.9. The maximum Gasteiger partial charge on any atom is 0.410 e. The van der Waals surface area contributed by atoms with Crippen LogP contribution in [0.4, 0.5) is 10.5 Å². The lowest BCUT2D eigenvalue weighted by Crippen LogP contribution is -2.45. The van der Waals surface area contributed by atoms with Gasteiger partial charge in [-0.1, -0.05) is 0 Å². The van der Waals surface area contributed by atoms with Gasteiger partial charge in [0, 0.05) is 18.3 Å². The van der Waals surface area contributed by atoms with Crippen molar-refractivity contribution in [2.75, 3.05) is 19.0 Å². The van der Waals surface area contributed by atoms with Crippen LogP contribution in [0.2, 0.25) is 0 Å². The second kappa shape index (κ2) is 8.93. The molecule has 29 heavy (non-hydrogen) atoms. The van der Waals surface area contributed by atoms with E-state index in [0.29, 0.717) is 30.2 Å². The van der Waals surface area contributed by atoms with Crippen LogP contribution in [0.1, 0.15) is 59.3 Å². The molecule has 0 radical (unpaired) electrons. The number of likely N-dealkylation sites (tertiary alicyclic amines) is 1. The first kappa shape index (κ1) is 21.3. The average Bonchev–Trinajstić information content (AvgIpc) is 3.32. The molecule has 2 amide bonds. The van der Waals surface area contributed by atoms with Crippen LogP contribution in [-0.2, 0) is 9.53 Å². The van der Waals surface area contributed by atoms with E-state index >= 15 is 0 Å². The third-order valence-corrected chi connectivity index (χ3v) is 5.21. The maximum atomic E-state index is 12.9. The summed E-state index contributed by atoms with van der Waals surface area (Å²) in [6.07, 6.45) is 5.54. The molecule has 1 aliphatic heterocycles. The number of carbonyl (C=O) groups excluding carboxylic acids is 2. The van der Waals surface area contributed by atoms with Gasteiger partial charge in [0.1, 0.15) is 11.6 Å². The first-order valence-corrected chi connectivity index (χ1v) is 10.4. The van der Waals surface area contributed by atoms with E-state index in [0.717, 1.165) is 19.3 Å². The largest absolute Gasteiger partial charge is 0.493 e. The van der Waals surface area contributed by atoms with Crippen molar-refractivity contribution in [3.05, 3.63) is 18.2 Å². The summed E-state index contributed by atoms with van der Waals surface area (Å²) in [5.74, 6) is 1.06. The lowest BCUT2D eigenvalue weighted by Gasteiger charge is -2.28. The van der Waals surface area contributed by atoms with E-state index in [1.54, 1.807) is 25.3 Å². The van der Waals surface area contributed by atoms with Crippen molar-refractivity contribution in [1.82, 2.24) is 4.90 Å². The van der Waals surface area contributed by atoms with Crippen molar-refractivity contribution in [2.24, 2.45) is 0 Å². The van der Waals surface area contributed by atoms with Gasteiger partial charge in [0.25, 0.3) is 0 Å². The number of nitrogens with zero attached hydrogens (tertiary/aromatic N) is 1. The Balaban J connectivity index is 1.68. The Labute approximate surface area is 172 Å². The van der Waals surface area contributed by atoms with Crippen molar-refractivity contribution in [3.63, 3.8) is 0 Å². The number of anilines is 1. The molecular weight excluding hydrogens is 372 g/mol. The molecule has 1 heterocycles. The van der Waals surface area contributed by atoms with Gasteiger partial charge in [-0.15, -0.1) is 0 Å². The van der Waals surface area contributed by atoms with Crippen LogP contribution in [0.3, 0.4) is 0 Å². The topological polar surface area (TPSA) is 77.1 Å². The minimum Gasteiger partial charge on any atom is -0.493 e. The molecule has 3 rings (SSSR count). The number of benzene rings is 1. The third kappa shape index (κ3) is 5.55. The van der Waals surface area contributed by atoms with Gasteiger partial charge in [-0.05, 0) is 71.4 Å². The zero-order valence-electron chi connectivity index (χ0n) is 17.8. The Bertz CT molecular complexity index is 737. The second-order valence-corrected chi connectivity index (χ2v) is 8.71. The molecule has 1 saturated heterocycles. The molecule has 1 aliphatic carbocycles. The normalized spacial score (nSPS) is 19.9. The molecule has 1 aromatic carbocycles. The molecule has 0 spiro atoms. The molecular formula is C22H32N2O5. The number of hydrogen-bond acceptors (Lipinski definition) is 5. The average molecular weight is 405 g/mol. The zero-order chi connectivity index (χ0) is 21.0. The second-order valence-electron chi connectivity index (χ2n) is 8.71. The van der Waals surface area contributed by atoms with Crippen LogP contribution < -0.4 is 14.8 Å². The summed E-state index contributed by atoms with van der Waals surface area (Å²) in [6, 6.07) is 4.83. The molecule has 2 fully saturated rings. The van der Waals surface area contributed by atoms with Gasteiger partial charge in [0.2, 0.25) is 5.91 Å². The molecule has 7 heteroatoms. The monoisotopic (exact) mass is 404 g/mol. The van der Waals surface area contributed by atoms with Crippen molar-refractivity contribution < 1.29 is 23.8 Å². The van der Waals surface area contributed by atoms with Crippen LogP contribution in [0.25, 0.3) is 0 Å². The number of hydrogen-bond donors (Lipinski definition) is 1. The van der Waals surface area contributed by atoms with E-state index in [1.807, 2.05) is 20.8 Å². The van der Waals surface area contributed by atoms with Gasteiger partial charge in [0.15, 0.2) is 11.5 Å². The smallest absolute Gasteiger partial charge is 0.410 e. The number of ether oxygens (including phenoxy) is 3. The minimum atomic E-state index is -0.594. The fraction of sp³-hybridized carbons (Fsp3) is 0.636. The summed E-state index contributed by atoms with van der Waals surface area (Å²) >= 11 is 0. The Kier molecular flexibility index (Phi) is 6.55. The highest BCUT2D eigenvalue weighted by Crippen LogP contribution is 2.34. The van der Waals surface area contributed by atoms with Crippen LogP contribution in [-0.4, -0.2) is 48.3 Å². The zero-order valence-corrected chi connectivity index (χ0v) is 17.8. The van der Waals surface area contributed by atoms with E-state index in [9.17, 15) is 9.59 Å². The van der Waals surface area contributed by atoms with E-state index in [-0.39, 0.29) is 12.0 Å². The van der Waals surface area contributed by atoms with Gasteiger partial charge in [-0.2, -0.15) is 0 Å². The highest BCUT2D eigenvalue weighted by molar-refractivity contribution is 5.97. The van der Waals surface area contributed by atoms with Gasteiger partial charge in [0.05, 0.1) is 13.2 Å². The first-order chi connectivity index (χ1) is 13.8. The first-order valence-electron chi connectivity index (χ1n) is 10.4. The molecule has 1 N–H and O–H groups in total. The van der Waals surface area contributed by atoms with Crippen LogP contribution in [0.5, 0.6) is 11.5 Å². The number of amides is 2. The van der Waals surface area contributed by atoms with Crippen LogP contribution in [0.15, 0.2) is 18.2 Å². The number of nitrogens with one attached hydrogen (secondary N) is 1. The molecule has 1 saturated carbocycles. The van der Waals surface area contributed by atoms with E-state index in [1.165, 1.54) is 17.7 Å². The number of rotatable bonds is 5. The summed E-state index contributed by atoms with van der Waals surface area (Å²) in [5, 5.41) is 2.92. The Morgan fingerprint density at radius 3 is 2.45 bits per heavy atom. The molecule has 2 aliphatic rings. The highest BCUT2D eigenvalue weighted by Gasteiger charge is 2.36. The molecule has 1 unspecified atom stereocenters. The Morgan fingerprint density at radius 2 is 1.79 bits per heavy atom. The van der Waals surface area contributed by atoms with Crippen molar-refractivity contribution in [1.29, 1.82) is 0 Å². The van der Waals surface area contributed by atoms with Crippen molar-refractivity contribution in [2.45, 2.75) is 77.0 Å². The van der Waals surface area contributed by atoms with Gasteiger partial charge >= 0.3 is 6.09 Å². The lowest BCUT2D eigenvalue weighted by molar-refractivity contribution is -0.120. The molecule has 1 aromatic rings. The molecule has 7 nitrogen and oxygen atoms in total. The summed E-state index contributed by atoms with van der Waals surface area (Å²) in [6.45, 7) is 5.98. The number of methoxy groups -OCH3 is 1.